The third-order valence-corrected chi connectivity index (χ3v) is 19.1. The first-order valence-corrected chi connectivity index (χ1v) is 25.4. The second-order valence-electron chi connectivity index (χ2n) is 20.9. The van der Waals surface area contributed by atoms with Gasteiger partial charge in [-0.05, 0) is 134 Å². The number of likely N-dealkylation sites (tertiary alicyclic amines) is 2. The van der Waals surface area contributed by atoms with Crippen LogP contribution in [0.3, 0.4) is 0 Å². The summed E-state index contributed by atoms with van der Waals surface area (Å²) in [6.07, 6.45) is 16.9. The number of carbonyl (C=O) groups is 1. The number of thioether (sulfide) groups is 1. The van der Waals surface area contributed by atoms with Gasteiger partial charge in [0.25, 0.3) is 0 Å². The van der Waals surface area contributed by atoms with E-state index >= 15 is 0 Å². The Kier molecular flexibility index (Phi) is 14.1. The summed E-state index contributed by atoms with van der Waals surface area (Å²) in [5.74, 6) is 1.68. The van der Waals surface area contributed by atoms with E-state index in [-0.39, 0.29) is 66.7 Å². The number of carbonyl (C=O) groups excluding carboxylic acids is 1. The van der Waals surface area contributed by atoms with Gasteiger partial charge in [-0.15, -0.1) is 11.8 Å². The molecule has 0 radical (unpaired) electrons. The van der Waals surface area contributed by atoms with Crippen LogP contribution in [0.15, 0.2) is 4.99 Å². The van der Waals surface area contributed by atoms with Crippen molar-refractivity contribution in [1.82, 2.24) is 41.7 Å². The zero-order valence-corrected chi connectivity index (χ0v) is 38.8. The molecule has 0 aromatic carbocycles. The molecule has 3 aliphatic carbocycles. The number of rotatable bonds is 9. The van der Waals surface area contributed by atoms with Crippen molar-refractivity contribution in [2.45, 2.75) is 202 Å². The molecule has 8 fully saturated rings. The number of hydrazine groups is 2. The van der Waals surface area contributed by atoms with Crippen molar-refractivity contribution in [1.29, 1.82) is 5.26 Å². The fourth-order valence-corrected chi connectivity index (χ4v) is 15.3. The van der Waals surface area contributed by atoms with Gasteiger partial charge in [0.2, 0.25) is 5.91 Å². The molecule has 0 bridgehead atoms. The predicted molar refractivity (Wildman–Crippen MR) is 239 cm³/mol. The fourth-order valence-electron chi connectivity index (χ4n) is 13.5. The second kappa shape index (κ2) is 19.2. The lowest BCUT2D eigenvalue weighted by molar-refractivity contribution is -0.126. The highest BCUT2D eigenvalue weighted by Gasteiger charge is 2.54. The van der Waals surface area contributed by atoms with Crippen LogP contribution in [0.25, 0.3) is 0 Å². The Morgan fingerprint density at radius 1 is 0.836 bits per heavy atom. The highest BCUT2D eigenvalue weighted by molar-refractivity contribution is 8.00. The van der Waals surface area contributed by atoms with E-state index in [1.165, 1.54) is 37.8 Å². The number of hydrogen-bond donors (Lipinski definition) is 5. The molecule has 14 unspecified atom stereocenters. The first-order chi connectivity index (χ1) is 29.6. The van der Waals surface area contributed by atoms with Gasteiger partial charge in [-0.2, -0.15) is 5.26 Å². The number of ether oxygens (including phenoxy) is 3. The second-order valence-corrected chi connectivity index (χ2v) is 22.4. The van der Waals surface area contributed by atoms with Crippen LogP contribution in [0.1, 0.15) is 124 Å². The lowest BCUT2D eigenvalue weighted by Gasteiger charge is -2.48. The van der Waals surface area contributed by atoms with E-state index in [0.717, 1.165) is 90.4 Å². The summed E-state index contributed by atoms with van der Waals surface area (Å²) in [6.45, 7) is 14.1. The maximum atomic E-state index is 13.4. The normalized spacial score (nSPS) is 46.0. The molecule has 1 spiro atoms. The zero-order chi connectivity index (χ0) is 42.4. The SMILES string of the molecule is COC1CC(OC2CCC(NC(=O)C3CCC(N4CCC5(CCN(C6CCC(C7=N[C@@H](C)C8NNC(C)N8C8SC(C)C(C)C78)CC6OC)CC5)C4)NN3)CC2)CCC1C#N. The number of nitrogens with zero attached hydrogens (tertiary/aromatic N) is 5. The maximum absolute atomic E-state index is 13.4. The third kappa shape index (κ3) is 9.22. The van der Waals surface area contributed by atoms with Crippen molar-refractivity contribution in [3.05, 3.63) is 0 Å². The highest BCUT2D eigenvalue weighted by Crippen LogP contribution is 2.51. The van der Waals surface area contributed by atoms with Crippen LogP contribution in [-0.2, 0) is 19.0 Å². The molecule has 0 aromatic heterocycles. The van der Waals surface area contributed by atoms with E-state index in [2.05, 4.69) is 87.2 Å². The summed E-state index contributed by atoms with van der Waals surface area (Å²) in [6, 6.07) is 3.10. The zero-order valence-electron chi connectivity index (χ0n) is 38.0. The van der Waals surface area contributed by atoms with Gasteiger partial charge in [0.15, 0.2) is 0 Å². The standard InChI is InChI=1S/C46H78N10O4S/c1-27-29(3)61-45-41(27)42(48-28(2)43-53-50-30(4)56(43)45)31-8-15-37(39(23-31)59-6)54-20-17-46(18-21-54)19-22-55(26-46)40-16-14-36(51-52-40)44(57)49-33-9-12-34(13-10-33)60-35-11-7-32(25-47)38(24-35)58-5/h27-41,43,45,50-53H,7-24,26H2,1-6H3,(H,49,57)/t27?,28-,29?,30?,31?,32?,33?,34?,35?,36?,37?,38?,39?,40?,41?,43?,45?/m0/s1. The summed E-state index contributed by atoms with van der Waals surface area (Å²) < 4.78 is 18.5. The Bertz CT molecular complexity index is 1580. The van der Waals surface area contributed by atoms with E-state index < -0.39 is 0 Å². The first-order valence-electron chi connectivity index (χ1n) is 24.5. The Morgan fingerprint density at radius 2 is 1.57 bits per heavy atom. The van der Waals surface area contributed by atoms with Gasteiger partial charge in [0.1, 0.15) is 6.04 Å². The van der Waals surface area contributed by atoms with Crippen LogP contribution in [0.5, 0.6) is 0 Å². The molecule has 61 heavy (non-hydrogen) atoms. The van der Waals surface area contributed by atoms with Gasteiger partial charge in [-0.3, -0.25) is 24.5 Å². The summed E-state index contributed by atoms with van der Waals surface area (Å²) in [5.41, 5.74) is 16.0. The number of hydrogen-bond acceptors (Lipinski definition) is 14. The lowest BCUT2D eigenvalue weighted by Crippen LogP contribution is -2.62. The van der Waals surface area contributed by atoms with E-state index in [4.69, 9.17) is 19.2 Å². The molecule has 3 saturated carbocycles. The van der Waals surface area contributed by atoms with Gasteiger partial charge in [-0.1, -0.05) is 13.8 Å². The Morgan fingerprint density at radius 3 is 2.28 bits per heavy atom. The monoisotopic (exact) mass is 867 g/mol. The Labute approximate surface area is 370 Å². The van der Waals surface area contributed by atoms with Crippen molar-refractivity contribution >= 4 is 23.4 Å². The topological polar surface area (TPSA) is 151 Å². The lowest BCUT2D eigenvalue weighted by atomic mass is 9.72. The van der Waals surface area contributed by atoms with Crippen molar-refractivity contribution in [2.75, 3.05) is 40.4 Å². The molecule has 9 aliphatic rings. The smallest absolute Gasteiger partial charge is 0.238 e. The van der Waals surface area contributed by atoms with Crippen LogP contribution in [0.2, 0.25) is 0 Å². The number of nitrogens with one attached hydrogen (secondary N) is 5. The van der Waals surface area contributed by atoms with Gasteiger partial charge in [0, 0.05) is 62.7 Å². The summed E-state index contributed by atoms with van der Waals surface area (Å²) >= 11 is 2.17. The van der Waals surface area contributed by atoms with Crippen molar-refractivity contribution < 1.29 is 19.0 Å². The molecular formula is C46H78N10O4S. The highest BCUT2D eigenvalue weighted by atomic mass is 32.2. The quantitative estimate of drug-likeness (QED) is 0.224. The molecule has 1 amide bonds. The number of nitriles is 1. The van der Waals surface area contributed by atoms with Crippen molar-refractivity contribution in [3.8, 4) is 6.07 Å². The summed E-state index contributed by atoms with van der Waals surface area (Å²) in [4.78, 5) is 27.1. The molecule has 342 valence electrons. The molecule has 14 nitrogen and oxygen atoms in total. The Balaban J connectivity index is 0.707. The summed E-state index contributed by atoms with van der Waals surface area (Å²) in [5, 5.41) is 13.9. The maximum Gasteiger partial charge on any atom is 0.238 e. The molecular weight excluding hydrogens is 789 g/mol. The number of methoxy groups -OCH3 is 2. The molecule has 15 heteroatoms. The van der Waals surface area contributed by atoms with Crippen LogP contribution in [0, 0.1) is 40.4 Å². The minimum absolute atomic E-state index is 0.0278. The average molecular weight is 867 g/mol. The molecule has 9 rings (SSSR count). The van der Waals surface area contributed by atoms with E-state index in [1.807, 2.05) is 7.11 Å². The fraction of sp³-hybridized carbons (Fsp3) is 0.935. The third-order valence-electron chi connectivity index (χ3n) is 17.4. The van der Waals surface area contributed by atoms with Gasteiger partial charge >= 0.3 is 0 Å². The molecule has 15 atom stereocenters. The largest absolute Gasteiger partial charge is 0.380 e. The minimum atomic E-state index is -0.200. The molecule has 5 saturated heterocycles. The minimum Gasteiger partial charge on any atom is -0.380 e. The molecule has 6 aliphatic heterocycles. The molecule has 5 N–H and O–H groups in total. The van der Waals surface area contributed by atoms with Crippen molar-refractivity contribution in [3.63, 3.8) is 0 Å². The van der Waals surface area contributed by atoms with E-state index in [9.17, 15) is 10.1 Å². The van der Waals surface area contributed by atoms with Crippen LogP contribution < -0.4 is 27.0 Å². The van der Waals surface area contributed by atoms with E-state index in [0.29, 0.717) is 46.0 Å². The summed E-state index contributed by atoms with van der Waals surface area (Å²) in [7, 11) is 3.65. The average Bonchev–Trinajstić information content (AvgIpc) is 3.95. The molecule has 0 aromatic rings. The van der Waals surface area contributed by atoms with Gasteiger partial charge in [-0.25, -0.2) is 21.7 Å². The van der Waals surface area contributed by atoms with Crippen LogP contribution in [-0.4, -0.2) is 144 Å². The number of piperidine rings is 1. The Hall–Kier alpha value is -1.42. The van der Waals surface area contributed by atoms with Gasteiger partial charge < -0.3 is 19.5 Å². The number of aliphatic imine (C=N–C) groups is 1. The van der Waals surface area contributed by atoms with Crippen LogP contribution in [0.4, 0.5) is 0 Å². The van der Waals surface area contributed by atoms with E-state index in [1.54, 1.807) is 7.11 Å². The van der Waals surface area contributed by atoms with Gasteiger partial charge in [0.05, 0.1) is 66.3 Å². The predicted octanol–water partition coefficient (Wildman–Crippen LogP) is 4.33. The molecule has 6 heterocycles. The van der Waals surface area contributed by atoms with Crippen LogP contribution >= 0.6 is 11.8 Å². The number of amides is 1. The first kappa shape index (κ1) is 44.8. The number of fused-ring (bicyclic) bond motifs is 3. The van der Waals surface area contributed by atoms with Crippen molar-refractivity contribution in [2.24, 2.45) is 34.1 Å².